The molecule has 1 fully saturated rings. The zero-order valence-corrected chi connectivity index (χ0v) is 15.5. The summed E-state index contributed by atoms with van der Waals surface area (Å²) < 4.78 is 13.2. The number of piperazine rings is 1. The van der Waals surface area contributed by atoms with Crippen LogP contribution >= 0.6 is 0 Å². The number of carbonyl (C=O) groups excluding carboxylic acids is 1. The summed E-state index contributed by atoms with van der Waals surface area (Å²) in [5.41, 5.74) is 3.40. The Labute approximate surface area is 159 Å². The van der Waals surface area contributed by atoms with Crippen molar-refractivity contribution in [3.63, 3.8) is 0 Å². The third kappa shape index (κ3) is 3.18. The van der Waals surface area contributed by atoms with Crippen molar-refractivity contribution in [1.82, 2.24) is 9.47 Å². The minimum atomic E-state index is 0.312. The van der Waals surface area contributed by atoms with Crippen LogP contribution in [0.25, 0.3) is 0 Å². The lowest BCUT2D eigenvalue weighted by molar-refractivity contribution is 0.0971. The molecule has 0 unspecified atom stereocenters. The molecular formula is C21H25N3O3. The summed E-state index contributed by atoms with van der Waals surface area (Å²) in [6.45, 7) is 6.45. The second kappa shape index (κ2) is 6.93. The second-order valence-electron chi connectivity index (χ2n) is 7.51. The first kappa shape index (κ1) is 16.7. The van der Waals surface area contributed by atoms with Gasteiger partial charge in [-0.15, -0.1) is 0 Å². The van der Waals surface area contributed by atoms with Gasteiger partial charge in [0.15, 0.2) is 17.3 Å². The van der Waals surface area contributed by atoms with Crippen LogP contribution in [0.3, 0.4) is 0 Å². The smallest absolute Gasteiger partial charge is 0.231 e. The first-order valence-electron chi connectivity index (χ1n) is 9.86. The SMILES string of the molecule is O=C1CCCc2c1ccn2CCN1CCN(c2ccc3c(c2)OCO3)CC1. The van der Waals surface area contributed by atoms with Crippen LogP contribution in [0.2, 0.25) is 0 Å². The van der Waals surface area contributed by atoms with Gasteiger partial charge in [0.1, 0.15) is 0 Å². The predicted molar refractivity (Wildman–Crippen MR) is 103 cm³/mol. The second-order valence-corrected chi connectivity index (χ2v) is 7.51. The maximum atomic E-state index is 12.0. The Balaban J connectivity index is 1.17. The fourth-order valence-corrected chi connectivity index (χ4v) is 4.36. The maximum absolute atomic E-state index is 12.0. The fraction of sp³-hybridized carbons (Fsp3) is 0.476. The molecule has 6 nitrogen and oxygen atoms in total. The van der Waals surface area contributed by atoms with Crippen LogP contribution in [-0.2, 0) is 13.0 Å². The summed E-state index contributed by atoms with van der Waals surface area (Å²) in [7, 11) is 0. The first-order valence-corrected chi connectivity index (χ1v) is 9.86. The summed E-state index contributed by atoms with van der Waals surface area (Å²) in [6.07, 6.45) is 4.83. The summed E-state index contributed by atoms with van der Waals surface area (Å²) >= 11 is 0. The average molecular weight is 367 g/mol. The molecule has 1 saturated heterocycles. The number of ether oxygens (including phenoxy) is 2. The van der Waals surface area contributed by atoms with Crippen molar-refractivity contribution in [2.24, 2.45) is 0 Å². The molecule has 0 atom stereocenters. The minimum absolute atomic E-state index is 0.312. The lowest BCUT2D eigenvalue weighted by Crippen LogP contribution is -2.47. The van der Waals surface area contributed by atoms with E-state index >= 15 is 0 Å². The number of nitrogens with zero attached hydrogens (tertiary/aromatic N) is 3. The van der Waals surface area contributed by atoms with E-state index < -0.39 is 0 Å². The molecule has 1 aromatic heterocycles. The molecule has 5 rings (SSSR count). The number of carbonyl (C=O) groups is 1. The van der Waals surface area contributed by atoms with E-state index in [1.54, 1.807) is 0 Å². The van der Waals surface area contributed by atoms with Gasteiger partial charge in [-0.3, -0.25) is 9.69 Å². The van der Waals surface area contributed by atoms with Crippen LogP contribution in [0.15, 0.2) is 30.5 Å². The highest BCUT2D eigenvalue weighted by molar-refractivity contribution is 5.98. The molecular weight excluding hydrogens is 342 g/mol. The van der Waals surface area contributed by atoms with E-state index in [-0.39, 0.29) is 0 Å². The molecule has 2 aliphatic heterocycles. The zero-order valence-electron chi connectivity index (χ0n) is 15.5. The molecule has 6 heteroatoms. The molecule has 3 aliphatic rings. The van der Waals surface area contributed by atoms with Gasteiger partial charge in [-0.05, 0) is 31.0 Å². The van der Waals surface area contributed by atoms with Crippen LogP contribution in [0, 0.1) is 0 Å². The number of ketones is 1. The summed E-state index contributed by atoms with van der Waals surface area (Å²) in [5.74, 6) is 2.00. The number of Topliss-reactive ketones (excluding diaryl/α,β-unsaturated/α-hetero) is 1. The number of hydrogen-bond donors (Lipinski definition) is 0. The van der Waals surface area contributed by atoms with Crippen LogP contribution in [-0.4, -0.2) is 54.8 Å². The van der Waals surface area contributed by atoms with Gasteiger partial charge in [0.25, 0.3) is 0 Å². The number of aromatic nitrogens is 1. The number of rotatable bonds is 4. The Morgan fingerprint density at radius 3 is 2.67 bits per heavy atom. The molecule has 0 spiro atoms. The summed E-state index contributed by atoms with van der Waals surface area (Å²) in [6, 6.07) is 8.21. The molecule has 27 heavy (non-hydrogen) atoms. The van der Waals surface area contributed by atoms with Crippen molar-refractivity contribution in [2.75, 3.05) is 44.4 Å². The van der Waals surface area contributed by atoms with E-state index in [1.165, 1.54) is 11.4 Å². The highest BCUT2D eigenvalue weighted by atomic mass is 16.7. The maximum Gasteiger partial charge on any atom is 0.231 e. The van der Waals surface area contributed by atoms with Gasteiger partial charge >= 0.3 is 0 Å². The number of anilines is 1. The molecule has 0 amide bonds. The van der Waals surface area contributed by atoms with Crippen LogP contribution in [0.1, 0.15) is 28.9 Å². The van der Waals surface area contributed by atoms with Gasteiger partial charge in [-0.2, -0.15) is 0 Å². The summed E-state index contributed by atoms with van der Waals surface area (Å²) in [4.78, 5) is 16.9. The molecule has 0 radical (unpaired) electrons. The predicted octanol–water partition coefficient (Wildman–Crippen LogP) is 2.56. The van der Waals surface area contributed by atoms with Crippen LogP contribution in [0.5, 0.6) is 11.5 Å². The van der Waals surface area contributed by atoms with Gasteiger partial charge in [-0.1, -0.05) is 0 Å². The monoisotopic (exact) mass is 367 g/mol. The van der Waals surface area contributed by atoms with Gasteiger partial charge < -0.3 is 18.9 Å². The van der Waals surface area contributed by atoms with Crippen molar-refractivity contribution in [3.05, 3.63) is 41.7 Å². The zero-order chi connectivity index (χ0) is 18.2. The van der Waals surface area contributed by atoms with Crippen LogP contribution < -0.4 is 14.4 Å². The third-order valence-electron chi connectivity index (χ3n) is 5.95. The quantitative estimate of drug-likeness (QED) is 0.831. The van der Waals surface area contributed by atoms with E-state index in [9.17, 15) is 4.79 Å². The Hall–Kier alpha value is -2.47. The molecule has 1 aliphatic carbocycles. The van der Waals surface area contributed by atoms with Crippen molar-refractivity contribution in [2.45, 2.75) is 25.8 Å². The molecule has 0 saturated carbocycles. The Bertz CT molecular complexity index is 852. The minimum Gasteiger partial charge on any atom is -0.454 e. The Morgan fingerprint density at radius 2 is 1.78 bits per heavy atom. The largest absolute Gasteiger partial charge is 0.454 e. The molecule has 2 aromatic rings. The molecule has 0 N–H and O–H groups in total. The van der Waals surface area contributed by atoms with E-state index in [2.05, 4.69) is 32.7 Å². The number of benzene rings is 1. The molecule has 3 heterocycles. The van der Waals surface area contributed by atoms with E-state index in [1.807, 2.05) is 12.1 Å². The number of fused-ring (bicyclic) bond motifs is 2. The van der Waals surface area contributed by atoms with E-state index in [4.69, 9.17) is 9.47 Å². The van der Waals surface area contributed by atoms with Crippen molar-refractivity contribution in [3.8, 4) is 11.5 Å². The molecule has 142 valence electrons. The normalized spacial score (nSPS) is 19.4. The standard InChI is InChI=1S/C21H25N3O3/c25-19-3-1-2-18-17(19)6-7-24(18)13-10-22-8-11-23(12-9-22)16-4-5-20-21(14-16)27-15-26-20/h4-7,14H,1-3,8-13,15H2. The third-order valence-corrected chi connectivity index (χ3v) is 5.95. The highest BCUT2D eigenvalue weighted by Gasteiger charge is 2.22. The topological polar surface area (TPSA) is 46.9 Å². The van der Waals surface area contributed by atoms with Crippen molar-refractivity contribution >= 4 is 11.5 Å². The van der Waals surface area contributed by atoms with Crippen molar-refractivity contribution < 1.29 is 14.3 Å². The lowest BCUT2D eigenvalue weighted by atomic mass is 9.97. The summed E-state index contributed by atoms with van der Waals surface area (Å²) in [5, 5.41) is 0. The van der Waals surface area contributed by atoms with Gasteiger partial charge in [0.2, 0.25) is 6.79 Å². The average Bonchev–Trinajstić information content (AvgIpc) is 3.34. The van der Waals surface area contributed by atoms with E-state index in [0.717, 1.165) is 69.2 Å². The lowest BCUT2D eigenvalue weighted by Gasteiger charge is -2.36. The van der Waals surface area contributed by atoms with Crippen LogP contribution in [0.4, 0.5) is 5.69 Å². The fourth-order valence-electron chi connectivity index (χ4n) is 4.36. The molecule has 0 bridgehead atoms. The van der Waals surface area contributed by atoms with Gasteiger partial charge in [0, 0.05) is 74.9 Å². The highest BCUT2D eigenvalue weighted by Crippen LogP contribution is 2.35. The number of hydrogen-bond acceptors (Lipinski definition) is 5. The Kier molecular flexibility index (Phi) is 4.28. The first-order chi connectivity index (χ1) is 13.3. The Morgan fingerprint density at radius 1 is 0.926 bits per heavy atom. The van der Waals surface area contributed by atoms with Crippen molar-refractivity contribution in [1.29, 1.82) is 0 Å². The van der Waals surface area contributed by atoms with Gasteiger partial charge in [-0.25, -0.2) is 0 Å². The van der Waals surface area contributed by atoms with Gasteiger partial charge in [0.05, 0.1) is 0 Å². The van der Waals surface area contributed by atoms with E-state index in [0.29, 0.717) is 19.0 Å². The molecule has 1 aromatic carbocycles.